The van der Waals surface area contributed by atoms with E-state index in [4.69, 9.17) is 4.55 Å². The summed E-state index contributed by atoms with van der Waals surface area (Å²) in [6.45, 7) is 4.69. The number of unbranched alkanes of at least 4 members (excludes halogenated alkanes) is 1. The quantitative estimate of drug-likeness (QED) is 0.109. The summed E-state index contributed by atoms with van der Waals surface area (Å²) in [6, 6.07) is 0. The highest BCUT2D eigenvalue weighted by molar-refractivity contribution is 7.87. The van der Waals surface area contributed by atoms with Gasteiger partial charge in [0.15, 0.2) is 6.29 Å². The molecule has 0 saturated heterocycles. The van der Waals surface area contributed by atoms with Gasteiger partial charge < -0.3 is 19.9 Å². The molecule has 8 nitrogen and oxygen atoms in total. The lowest BCUT2D eigenvalue weighted by Gasteiger charge is -2.35. The lowest BCUT2D eigenvalue weighted by Crippen LogP contribution is -2.62. The van der Waals surface area contributed by atoms with Gasteiger partial charge in [0.1, 0.15) is 0 Å². The van der Waals surface area contributed by atoms with E-state index in [0.29, 0.717) is 6.08 Å². The van der Waals surface area contributed by atoms with Crippen LogP contribution in [0.4, 0.5) is 30.7 Å². The van der Waals surface area contributed by atoms with E-state index in [1.54, 1.807) is 13.8 Å². The fraction of sp³-hybridized carbons (Fsp3) is 0.812. The highest BCUT2D eigenvalue weighted by Gasteiger charge is 2.66. The number of halogens is 7. The molecule has 0 aromatic rings. The summed E-state index contributed by atoms with van der Waals surface area (Å²) in [5.41, 5.74) is 0. The largest absolute Gasteiger partial charge is 0.453 e. The third kappa shape index (κ3) is 7.54. The average molecular weight is 507 g/mol. The Hall–Kier alpha value is -1.49. The summed E-state index contributed by atoms with van der Waals surface area (Å²) in [6.07, 6.45) is -11.1. The van der Waals surface area contributed by atoms with Gasteiger partial charge in [0, 0.05) is 13.0 Å². The average Bonchev–Trinajstić information content (AvgIpc) is 2.62. The number of hydrogen-bond donors (Lipinski definition) is 3. The van der Waals surface area contributed by atoms with Gasteiger partial charge in [-0.25, -0.2) is 0 Å². The number of aliphatic hydroxyl groups is 1. The molecule has 0 aromatic heterocycles. The van der Waals surface area contributed by atoms with E-state index >= 15 is 0 Å². The van der Waals surface area contributed by atoms with Gasteiger partial charge in [-0.1, -0.05) is 20.4 Å². The molecular formula is C16H24F7NO7S. The van der Waals surface area contributed by atoms with E-state index < -0.39 is 71.3 Å². The Morgan fingerprint density at radius 3 is 2.06 bits per heavy atom. The maximum atomic E-state index is 13.7. The molecule has 2 unspecified atom stereocenters. The van der Waals surface area contributed by atoms with Crippen molar-refractivity contribution in [2.75, 3.05) is 13.2 Å². The summed E-state index contributed by atoms with van der Waals surface area (Å²) in [4.78, 5) is 12.2. The van der Waals surface area contributed by atoms with Gasteiger partial charge in [-0.2, -0.15) is 39.2 Å². The highest BCUT2D eigenvalue weighted by atomic mass is 32.2. The SMILES string of the molecule is C=CC(O)OC(OCCCCC(F)(F)C(F)(F)S(=O)(=O)O)(C(=O)NCC(C)C)C(F)(F)F. The van der Waals surface area contributed by atoms with Crippen LogP contribution in [0.1, 0.15) is 33.1 Å². The number of hydrogen-bond acceptors (Lipinski definition) is 6. The Labute approximate surface area is 179 Å². The summed E-state index contributed by atoms with van der Waals surface area (Å²) in [7, 11) is -6.46. The maximum absolute atomic E-state index is 13.7. The molecular weight excluding hydrogens is 483 g/mol. The molecule has 0 aliphatic heterocycles. The number of amides is 1. The van der Waals surface area contributed by atoms with Crippen LogP contribution in [0.15, 0.2) is 12.7 Å². The lowest BCUT2D eigenvalue weighted by molar-refractivity contribution is -0.383. The number of carbonyl (C=O) groups excluding carboxylic acids is 1. The molecule has 0 bridgehead atoms. The Balaban J connectivity index is 5.43. The standard InChI is InChI=1S/C16H24F7NO7S/c1-4-11(25)31-14(15(19,20)21,12(26)24-9-10(2)3)30-8-6-5-7-13(17,18)16(22,23)32(27,28)29/h4,10-11,25H,1,5-9H2,2-3H3,(H,24,26)(H,27,28,29). The zero-order chi connectivity index (χ0) is 25.6. The monoisotopic (exact) mass is 507 g/mol. The second kappa shape index (κ2) is 11.1. The van der Waals surface area contributed by atoms with Crippen molar-refractivity contribution in [2.45, 2.75) is 62.5 Å². The first kappa shape index (κ1) is 30.5. The van der Waals surface area contributed by atoms with Crippen molar-refractivity contribution < 1.29 is 63.1 Å². The van der Waals surface area contributed by atoms with Crippen LogP contribution in [-0.4, -0.2) is 66.6 Å². The number of alkyl halides is 7. The van der Waals surface area contributed by atoms with Gasteiger partial charge in [0.05, 0.1) is 6.61 Å². The fourth-order valence-electron chi connectivity index (χ4n) is 2.06. The van der Waals surface area contributed by atoms with E-state index in [1.165, 1.54) is 0 Å². The predicted octanol–water partition coefficient (Wildman–Crippen LogP) is 2.84. The normalized spacial score (nSPS) is 16.5. The first-order valence-corrected chi connectivity index (χ1v) is 10.4. The number of nitrogens with one attached hydrogen (secondary N) is 1. The van der Waals surface area contributed by atoms with E-state index in [-0.39, 0.29) is 12.5 Å². The van der Waals surface area contributed by atoms with Crippen LogP contribution in [0.3, 0.4) is 0 Å². The maximum Gasteiger partial charge on any atom is 0.453 e. The summed E-state index contributed by atoms with van der Waals surface area (Å²) < 4.78 is 132. The molecule has 0 aliphatic rings. The molecule has 0 radical (unpaired) electrons. The van der Waals surface area contributed by atoms with Crippen molar-refractivity contribution in [2.24, 2.45) is 5.92 Å². The van der Waals surface area contributed by atoms with E-state index in [1.807, 2.05) is 5.32 Å². The summed E-state index contributed by atoms with van der Waals surface area (Å²) >= 11 is 0. The van der Waals surface area contributed by atoms with Crippen LogP contribution in [0.25, 0.3) is 0 Å². The van der Waals surface area contributed by atoms with Crippen LogP contribution in [0.5, 0.6) is 0 Å². The third-order valence-electron chi connectivity index (χ3n) is 3.77. The lowest BCUT2D eigenvalue weighted by atomic mass is 10.1. The molecule has 2 atom stereocenters. The number of aliphatic hydroxyl groups excluding tert-OH is 1. The second-order valence-corrected chi connectivity index (χ2v) is 8.43. The topological polar surface area (TPSA) is 122 Å². The minimum absolute atomic E-state index is 0.259. The smallest absolute Gasteiger partial charge is 0.365 e. The van der Waals surface area contributed by atoms with Crippen molar-refractivity contribution in [3.8, 4) is 0 Å². The van der Waals surface area contributed by atoms with Gasteiger partial charge in [0.25, 0.3) is 5.91 Å². The van der Waals surface area contributed by atoms with Gasteiger partial charge in [-0.05, 0) is 24.8 Å². The van der Waals surface area contributed by atoms with Crippen LogP contribution in [0, 0.1) is 5.92 Å². The van der Waals surface area contributed by atoms with Gasteiger partial charge in [-0.15, -0.1) is 0 Å². The zero-order valence-electron chi connectivity index (χ0n) is 17.0. The van der Waals surface area contributed by atoms with Gasteiger partial charge >= 0.3 is 33.3 Å². The molecule has 190 valence electrons. The molecule has 1 amide bonds. The first-order chi connectivity index (χ1) is 14.2. The number of rotatable bonds is 14. The fourth-order valence-corrected chi connectivity index (χ4v) is 2.54. The summed E-state index contributed by atoms with van der Waals surface area (Å²) in [5, 5.41) is 5.46. The molecule has 16 heteroatoms. The first-order valence-electron chi connectivity index (χ1n) is 8.95. The van der Waals surface area contributed by atoms with Crippen LogP contribution in [-0.2, 0) is 24.4 Å². The molecule has 3 N–H and O–H groups in total. The minimum atomic E-state index is -6.46. The van der Waals surface area contributed by atoms with E-state index in [0.717, 1.165) is 0 Å². The molecule has 0 rings (SSSR count). The second-order valence-electron chi connectivity index (χ2n) is 6.96. The summed E-state index contributed by atoms with van der Waals surface area (Å²) in [5.74, 6) is -11.5. The van der Waals surface area contributed by atoms with Crippen LogP contribution >= 0.6 is 0 Å². The number of carbonyl (C=O) groups is 1. The van der Waals surface area contributed by atoms with E-state index in [2.05, 4.69) is 16.1 Å². The van der Waals surface area contributed by atoms with E-state index in [9.17, 15) is 49.1 Å². The van der Waals surface area contributed by atoms with Crippen LogP contribution in [0.2, 0.25) is 0 Å². The molecule has 0 fully saturated rings. The Kier molecular flexibility index (Phi) is 10.6. The Morgan fingerprint density at radius 2 is 1.66 bits per heavy atom. The molecule has 0 spiro atoms. The third-order valence-corrected chi connectivity index (χ3v) is 4.72. The molecule has 32 heavy (non-hydrogen) atoms. The molecule has 0 aromatic carbocycles. The van der Waals surface area contributed by atoms with Crippen molar-refractivity contribution in [3.63, 3.8) is 0 Å². The highest BCUT2D eigenvalue weighted by Crippen LogP contribution is 2.42. The van der Waals surface area contributed by atoms with Gasteiger partial charge in [-0.3, -0.25) is 9.35 Å². The Morgan fingerprint density at radius 1 is 1.12 bits per heavy atom. The molecule has 0 heterocycles. The zero-order valence-corrected chi connectivity index (χ0v) is 17.8. The predicted molar refractivity (Wildman–Crippen MR) is 95.2 cm³/mol. The van der Waals surface area contributed by atoms with Crippen molar-refractivity contribution in [1.29, 1.82) is 0 Å². The van der Waals surface area contributed by atoms with Crippen molar-refractivity contribution >= 4 is 16.0 Å². The minimum Gasteiger partial charge on any atom is -0.365 e. The van der Waals surface area contributed by atoms with Gasteiger partial charge in [0.2, 0.25) is 0 Å². The Bertz CT molecular complexity index is 744. The molecule has 0 saturated carbocycles. The number of ether oxygens (including phenoxy) is 2. The van der Waals surface area contributed by atoms with Crippen LogP contribution < -0.4 is 5.32 Å². The van der Waals surface area contributed by atoms with Crippen molar-refractivity contribution in [1.82, 2.24) is 5.32 Å². The van der Waals surface area contributed by atoms with Crippen molar-refractivity contribution in [3.05, 3.63) is 12.7 Å². The molecule has 0 aliphatic carbocycles.